The van der Waals surface area contributed by atoms with Crippen molar-refractivity contribution in [3.63, 3.8) is 0 Å². The maximum atomic E-state index is 11.1. The molecule has 0 fully saturated rings. The third-order valence-electron chi connectivity index (χ3n) is 2.98. The van der Waals surface area contributed by atoms with E-state index in [-0.39, 0.29) is 5.97 Å². The quantitative estimate of drug-likeness (QED) is 0.304. The molecule has 128 valence electrons. The van der Waals surface area contributed by atoms with Crippen molar-refractivity contribution in [2.24, 2.45) is 0 Å². The number of carbonyl (C=O) groups is 1. The van der Waals surface area contributed by atoms with E-state index in [2.05, 4.69) is 61.6 Å². The molecule has 0 rings (SSSR count). The molecule has 0 atom stereocenters. The number of allylic oxidation sites excluding steroid dienone is 10. The van der Waals surface area contributed by atoms with Crippen molar-refractivity contribution in [1.29, 1.82) is 0 Å². The SMILES string of the molecule is CC/C=C\C/C=C\C/C=C\C/C=C\C/C=C\CCC(=O)OCC. The van der Waals surface area contributed by atoms with Crippen molar-refractivity contribution in [1.82, 2.24) is 0 Å². The van der Waals surface area contributed by atoms with E-state index < -0.39 is 0 Å². The van der Waals surface area contributed by atoms with Crippen LogP contribution in [-0.4, -0.2) is 12.6 Å². The molecular formula is C21H32O2. The van der Waals surface area contributed by atoms with Gasteiger partial charge >= 0.3 is 5.97 Å². The van der Waals surface area contributed by atoms with E-state index in [9.17, 15) is 4.79 Å². The van der Waals surface area contributed by atoms with Gasteiger partial charge < -0.3 is 4.74 Å². The van der Waals surface area contributed by atoms with Gasteiger partial charge in [0.25, 0.3) is 0 Å². The average molecular weight is 316 g/mol. The highest BCUT2D eigenvalue weighted by atomic mass is 16.5. The van der Waals surface area contributed by atoms with Gasteiger partial charge in [-0.1, -0.05) is 67.7 Å². The third kappa shape index (κ3) is 18.1. The smallest absolute Gasteiger partial charge is 0.306 e. The maximum absolute atomic E-state index is 11.1. The Kier molecular flexibility index (Phi) is 16.8. The molecule has 0 aromatic rings. The Morgan fingerprint density at radius 1 is 0.696 bits per heavy atom. The van der Waals surface area contributed by atoms with E-state index in [1.165, 1.54) is 0 Å². The average Bonchev–Trinajstić information content (AvgIpc) is 2.54. The summed E-state index contributed by atoms with van der Waals surface area (Å²) in [6.45, 7) is 4.44. The summed E-state index contributed by atoms with van der Waals surface area (Å²) in [6.07, 6.45) is 27.9. The largest absolute Gasteiger partial charge is 0.466 e. The second-order valence-electron chi connectivity index (χ2n) is 5.05. The Morgan fingerprint density at radius 3 is 1.57 bits per heavy atom. The Bertz CT molecular complexity index is 412. The van der Waals surface area contributed by atoms with Gasteiger partial charge in [-0.05, 0) is 45.4 Å². The van der Waals surface area contributed by atoms with Crippen LogP contribution < -0.4 is 0 Å². The molecule has 0 aromatic carbocycles. The summed E-state index contributed by atoms with van der Waals surface area (Å²) >= 11 is 0. The van der Waals surface area contributed by atoms with E-state index in [0.29, 0.717) is 13.0 Å². The fourth-order valence-corrected chi connectivity index (χ4v) is 1.80. The first kappa shape index (κ1) is 21.2. The van der Waals surface area contributed by atoms with Gasteiger partial charge in [0, 0.05) is 6.42 Å². The van der Waals surface area contributed by atoms with Gasteiger partial charge in [0.15, 0.2) is 0 Å². The summed E-state index contributed by atoms with van der Waals surface area (Å²) in [5.41, 5.74) is 0. The molecule has 0 spiro atoms. The highest BCUT2D eigenvalue weighted by molar-refractivity contribution is 5.69. The van der Waals surface area contributed by atoms with Gasteiger partial charge in [-0.2, -0.15) is 0 Å². The van der Waals surface area contributed by atoms with E-state index in [1.807, 2.05) is 13.0 Å². The van der Waals surface area contributed by atoms with Crippen molar-refractivity contribution in [3.05, 3.63) is 60.8 Å². The Labute approximate surface area is 142 Å². The summed E-state index contributed by atoms with van der Waals surface area (Å²) in [7, 11) is 0. The number of rotatable bonds is 13. The van der Waals surface area contributed by atoms with Crippen LogP contribution in [0.5, 0.6) is 0 Å². The summed E-state index contributed by atoms with van der Waals surface area (Å²) in [5, 5.41) is 0. The van der Waals surface area contributed by atoms with Gasteiger partial charge in [-0.25, -0.2) is 0 Å². The molecular weight excluding hydrogens is 284 g/mol. The van der Waals surface area contributed by atoms with E-state index in [1.54, 1.807) is 0 Å². The lowest BCUT2D eigenvalue weighted by atomic mass is 10.2. The molecule has 0 aromatic heterocycles. The topological polar surface area (TPSA) is 26.3 Å². The van der Waals surface area contributed by atoms with Crippen molar-refractivity contribution in [2.45, 2.75) is 58.8 Å². The molecule has 2 heteroatoms. The fraction of sp³-hybridized carbons (Fsp3) is 0.476. The summed E-state index contributed by atoms with van der Waals surface area (Å²) in [5.74, 6) is -0.117. The predicted molar refractivity (Wildman–Crippen MR) is 100 cm³/mol. The minimum Gasteiger partial charge on any atom is -0.466 e. The minimum absolute atomic E-state index is 0.117. The molecule has 0 aliphatic rings. The minimum atomic E-state index is -0.117. The second-order valence-corrected chi connectivity index (χ2v) is 5.05. The van der Waals surface area contributed by atoms with Crippen LogP contribution in [0.15, 0.2) is 60.8 Å². The molecule has 0 saturated heterocycles. The van der Waals surface area contributed by atoms with Crippen LogP contribution in [0.2, 0.25) is 0 Å². The highest BCUT2D eigenvalue weighted by Crippen LogP contribution is 1.98. The lowest BCUT2D eigenvalue weighted by Crippen LogP contribution is -2.02. The Balaban J connectivity index is 3.51. The molecule has 0 saturated carbocycles. The molecule has 0 aliphatic heterocycles. The molecule has 0 unspecified atom stereocenters. The molecule has 2 nitrogen and oxygen atoms in total. The Hall–Kier alpha value is -1.83. The van der Waals surface area contributed by atoms with E-state index >= 15 is 0 Å². The lowest BCUT2D eigenvalue weighted by molar-refractivity contribution is -0.142. The maximum Gasteiger partial charge on any atom is 0.306 e. The first-order valence-corrected chi connectivity index (χ1v) is 8.71. The van der Waals surface area contributed by atoms with Gasteiger partial charge in [0.1, 0.15) is 0 Å². The van der Waals surface area contributed by atoms with Crippen LogP contribution in [0.25, 0.3) is 0 Å². The van der Waals surface area contributed by atoms with Crippen LogP contribution in [0, 0.1) is 0 Å². The Morgan fingerprint density at radius 2 is 1.13 bits per heavy atom. The zero-order valence-corrected chi connectivity index (χ0v) is 14.7. The van der Waals surface area contributed by atoms with Gasteiger partial charge in [0.05, 0.1) is 6.61 Å². The molecule has 0 N–H and O–H groups in total. The number of ether oxygens (including phenoxy) is 1. The number of hydrogen-bond donors (Lipinski definition) is 0. The van der Waals surface area contributed by atoms with Gasteiger partial charge in [-0.3, -0.25) is 4.79 Å². The van der Waals surface area contributed by atoms with Crippen molar-refractivity contribution in [2.75, 3.05) is 6.61 Å². The second kappa shape index (κ2) is 18.2. The molecule has 0 bridgehead atoms. The third-order valence-corrected chi connectivity index (χ3v) is 2.98. The summed E-state index contributed by atoms with van der Waals surface area (Å²) in [4.78, 5) is 11.1. The number of hydrogen-bond acceptors (Lipinski definition) is 2. The van der Waals surface area contributed by atoms with Crippen molar-refractivity contribution < 1.29 is 9.53 Å². The predicted octanol–water partition coefficient (Wildman–Crippen LogP) is 6.08. The normalized spacial score (nSPS) is 12.6. The van der Waals surface area contributed by atoms with Gasteiger partial charge in [-0.15, -0.1) is 0 Å². The molecule has 23 heavy (non-hydrogen) atoms. The summed E-state index contributed by atoms with van der Waals surface area (Å²) < 4.78 is 4.86. The lowest BCUT2D eigenvalue weighted by Gasteiger charge is -1.97. The van der Waals surface area contributed by atoms with Crippen molar-refractivity contribution >= 4 is 5.97 Å². The van der Waals surface area contributed by atoms with Crippen LogP contribution in [0.1, 0.15) is 58.8 Å². The number of esters is 1. The first-order chi connectivity index (χ1) is 11.3. The summed E-state index contributed by atoms with van der Waals surface area (Å²) in [6, 6.07) is 0. The van der Waals surface area contributed by atoms with Crippen LogP contribution in [-0.2, 0) is 9.53 Å². The van der Waals surface area contributed by atoms with Crippen LogP contribution in [0.4, 0.5) is 0 Å². The monoisotopic (exact) mass is 316 g/mol. The molecule has 0 amide bonds. The fourth-order valence-electron chi connectivity index (χ4n) is 1.80. The number of carbonyl (C=O) groups excluding carboxylic acids is 1. The molecule has 0 radical (unpaired) electrons. The van der Waals surface area contributed by atoms with Crippen LogP contribution >= 0.6 is 0 Å². The first-order valence-electron chi connectivity index (χ1n) is 8.71. The zero-order valence-electron chi connectivity index (χ0n) is 14.7. The zero-order chi connectivity index (χ0) is 17.0. The van der Waals surface area contributed by atoms with Crippen molar-refractivity contribution in [3.8, 4) is 0 Å². The van der Waals surface area contributed by atoms with E-state index in [4.69, 9.17) is 4.74 Å². The van der Waals surface area contributed by atoms with Crippen LogP contribution in [0.3, 0.4) is 0 Å². The molecule has 0 aliphatic carbocycles. The van der Waals surface area contributed by atoms with Gasteiger partial charge in [0.2, 0.25) is 0 Å². The highest BCUT2D eigenvalue weighted by Gasteiger charge is 1.97. The standard InChI is InChI=1S/C21H32O2/c1-3-5-6-7-8-9-10-11-12-13-14-15-16-17-18-19-20-21(22)23-4-2/h5-6,8-9,11-12,14-15,17-18H,3-4,7,10,13,16,19-20H2,1-2H3/b6-5-,9-8-,12-11-,15-14-,18-17-. The molecule has 0 heterocycles. The van der Waals surface area contributed by atoms with E-state index in [0.717, 1.165) is 38.5 Å².